The van der Waals surface area contributed by atoms with Crippen LogP contribution >= 0.6 is 0 Å². The van der Waals surface area contributed by atoms with Crippen LogP contribution in [0.3, 0.4) is 0 Å². The number of rotatable bonds is 0. The van der Waals surface area contributed by atoms with Gasteiger partial charge in [0.05, 0.1) is 0 Å². The summed E-state index contributed by atoms with van der Waals surface area (Å²) in [7, 11) is 0. The van der Waals surface area contributed by atoms with Crippen LogP contribution in [0.2, 0.25) is 0 Å². The molecule has 0 saturated heterocycles. The Kier molecular flexibility index (Phi) is 4.58. The van der Waals surface area contributed by atoms with Crippen LogP contribution in [0.25, 0.3) is 0 Å². The molecular formula is C24H32O2. The van der Waals surface area contributed by atoms with Crippen LogP contribution in [0, 0.1) is 27.7 Å². The van der Waals surface area contributed by atoms with E-state index in [0.717, 1.165) is 24.3 Å². The first-order valence-corrected chi connectivity index (χ1v) is 9.59. The zero-order valence-corrected chi connectivity index (χ0v) is 17.5. The third-order valence-corrected chi connectivity index (χ3v) is 6.25. The molecule has 2 aromatic carbocycles. The van der Waals surface area contributed by atoms with Gasteiger partial charge in [-0.1, -0.05) is 39.8 Å². The molecule has 2 heteroatoms. The lowest BCUT2D eigenvalue weighted by atomic mass is 9.71. The lowest BCUT2D eigenvalue weighted by Crippen LogP contribution is -2.27. The molecule has 2 aromatic rings. The highest BCUT2D eigenvalue weighted by Crippen LogP contribution is 2.44. The molecule has 0 bridgehead atoms. The summed E-state index contributed by atoms with van der Waals surface area (Å²) in [4.78, 5) is 11.9. The number of hydrogen-bond acceptors (Lipinski definition) is 2. The van der Waals surface area contributed by atoms with Crippen LogP contribution in [0.1, 0.15) is 73.9 Å². The van der Waals surface area contributed by atoms with E-state index < -0.39 is 0 Å². The summed E-state index contributed by atoms with van der Waals surface area (Å²) in [5.74, 6) is 1.67. The highest BCUT2D eigenvalue weighted by molar-refractivity contribution is 5.48. The average Bonchev–Trinajstić information content (AvgIpc) is 2.55. The Hall–Kier alpha value is -1.96. The van der Waals surface area contributed by atoms with Crippen LogP contribution in [0.15, 0.2) is 24.3 Å². The zero-order chi connectivity index (χ0) is 19.3. The second kappa shape index (κ2) is 6.33. The predicted molar refractivity (Wildman–Crippen MR) is 108 cm³/mol. The van der Waals surface area contributed by atoms with Gasteiger partial charge >= 0.3 is 0 Å². The van der Waals surface area contributed by atoms with Gasteiger partial charge in [0, 0.05) is 11.1 Å². The maximum atomic E-state index is 5.95. The van der Waals surface area contributed by atoms with E-state index in [4.69, 9.17) is 9.78 Å². The Morgan fingerprint density at radius 3 is 1.23 bits per heavy atom. The normalized spacial score (nSPS) is 18.2. The van der Waals surface area contributed by atoms with Crippen molar-refractivity contribution < 1.29 is 9.78 Å². The van der Waals surface area contributed by atoms with Crippen LogP contribution in [-0.4, -0.2) is 0 Å². The molecule has 1 heterocycles. The minimum atomic E-state index is 0.0195. The quantitative estimate of drug-likeness (QED) is 0.495. The van der Waals surface area contributed by atoms with Gasteiger partial charge in [0.1, 0.15) is 0 Å². The first-order valence-electron chi connectivity index (χ1n) is 9.59. The van der Waals surface area contributed by atoms with E-state index in [2.05, 4.69) is 79.7 Å². The lowest BCUT2D eigenvalue weighted by molar-refractivity contribution is -0.104. The molecule has 0 amide bonds. The molecule has 3 rings (SSSR count). The molecule has 1 aliphatic heterocycles. The largest absolute Gasteiger partial charge is 0.290 e. The van der Waals surface area contributed by atoms with E-state index in [1.54, 1.807) is 0 Å². The standard InChI is InChI=1S/C24H32O2/c1-15-11-19-21(13-17(15)3)25-26-22-14-18(4)16(2)12-20(22)24(7,8)10-9-23(19,5)6/h11-14H,9-10H2,1-8H3. The van der Waals surface area contributed by atoms with Gasteiger partial charge in [0.25, 0.3) is 0 Å². The fourth-order valence-electron chi connectivity index (χ4n) is 3.76. The minimum Gasteiger partial charge on any atom is -0.290 e. The van der Waals surface area contributed by atoms with Crippen LogP contribution in [-0.2, 0) is 10.8 Å². The third kappa shape index (κ3) is 3.34. The molecule has 0 saturated carbocycles. The van der Waals surface area contributed by atoms with Gasteiger partial charge in [-0.2, -0.15) is 0 Å². The van der Waals surface area contributed by atoms with Crippen molar-refractivity contribution in [2.45, 2.75) is 79.1 Å². The molecule has 1 aliphatic rings. The van der Waals surface area contributed by atoms with E-state index in [-0.39, 0.29) is 10.8 Å². The van der Waals surface area contributed by atoms with Crippen molar-refractivity contribution >= 4 is 0 Å². The number of benzene rings is 2. The topological polar surface area (TPSA) is 18.5 Å². The molecule has 26 heavy (non-hydrogen) atoms. The summed E-state index contributed by atoms with van der Waals surface area (Å²) in [6.07, 6.45) is 2.18. The molecule has 0 unspecified atom stereocenters. The average molecular weight is 353 g/mol. The Labute approximate surface area is 158 Å². The van der Waals surface area contributed by atoms with Crippen LogP contribution in [0.5, 0.6) is 11.5 Å². The van der Waals surface area contributed by atoms with Crippen molar-refractivity contribution in [3.63, 3.8) is 0 Å². The molecule has 140 valence electrons. The fourth-order valence-corrected chi connectivity index (χ4v) is 3.76. The van der Waals surface area contributed by atoms with Crippen molar-refractivity contribution in [2.75, 3.05) is 0 Å². The van der Waals surface area contributed by atoms with Gasteiger partial charge in [-0.15, -0.1) is 0 Å². The van der Waals surface area contributed by atoms with Gasteiger partial charge in [-0.05, 0) is 85.8 Å². The molecule has 0 fully saturated rings. The van der Waals surface area contributed by atoms with Crippen LogP contribution in [0.4, 0.5) is 0 Å². The van der Waals surface area contributed by atoms with Gasteiger partial charge in [0.2, 0.25) is 0 Å². The minimum absolute atomic E-state index is 0.0195. The molecule has 2 nitrogen and oxygen atoms in total. The lowest BCUT2D eigenvalue weighted by Gasteiger charge is -2.35. The maximum absolute atomic E-state index is 5.95. The number of hydrogen-bond donors (Lipinski definition) is 0. The monoisotopic (exact) mass is 352 g/mol. The maximum Gasteiger partial charge on any atom is 0.182 e. The molecule has 0 radical (unpaired) electrons. The molecule has 0 aromatic heterocycles. The second-order valence-corrected chi connectivity index (χ2v) is 9.30. The van der Waals surface area contributed by atoms with E-state index >= 15 is 0 Å². The van der Waals surface area contributed by atoms with Crippen molar-refractivity contribution in [3.8, 4) is 11.5 Å². The van der Waals surface area contributed by atoms with Gasteiger partial charge in [0.15, 0.2) is 11.5 Å². The Bertz CT molecular complexity index is 772. The van der Waals surface area contributed by atoms with Crippen molar-refractivity contribution in [3.05, 3.63) is 57.6 Å². The first kappa shape index (κ1) is 18.8. The van der Waals surface area contributed by atoms with E-state index in [9.17, 15) is 0 Å². The summed E-state index contributed by atoms with van der Waals surface area (Å²) >= 11 is 0. The summed E-state index contributed by atoms with van der Waals surface area (Å²) in [5, 5.41) is 0. The highest BCUT2D eigenvalue weighted by atomic mass is 17.2. The Morgan fingerprint density at radius 2 is 0.885 bits per heavy atom. The molecule has 0 aliphatic carbocycles. The SMILES string of the molecule is Cc1cc2c(cc1C)C(C)(C)CCC(C)(C)c1cc(C)c(C)cc1OO2. The zero-order valence-electron chi connectivity index (χ0n) is 17.5. The van der Waals surface area contributed by atoms with Crippen molar-refractivity contribution in [1.29, 1.82) is 0 Å². The fraction of sp³-hybridized carbons (Fsp3) is 0.500. The van der Waals surface area contributed by atoms with Gasteiger partial charge < -0.3 is 0 Å². The number of aryl methyl sites for hydroxylation is 4. The van der Waals surface area contributed by atoms with Crippen LogP contribution < -0.4 is 9.78 Å². The molecule has 0 N–H and O–H groups in total. The first-order chi connectivity index (χ1) is 12.0. The van der Waals surface area contributed by atoms with E-state index in [1.807, 2.05) is 0 Å². The molecular weight excluding hydrogens is 320 g/mol. The summed E-state index contributed by atoms with van der Waals surface area (Å²) < 4.78 is 0. The number of fused-ring (bicyclic) bond motifs is 2. The van der Waals surface area contributed by atoms with Crippen molar-refractivity contribution in [1.82, 2.24) is 0 Å². The molecule has 0 spiro atoms. The van der Waals surface area contributed by atoms with E-state index in [1.165, 1.54) is 33.4 Å². The summed E-state index contributed by atoms with van der Waals surface area (Å²) in [6.45, 7) is 17.8. The van der Waals surface area contributed by atoms with Crippen molar-refractivity contribution in [2.24, 2.45) is 0 Å². The Morgan fingerprint density at radius 1 is 0.577 bits per heavy atom. The molecule has 0 atom stereocenters. The van der Waals surface area contributed by atoms with Gasteiger partial charge in [-0.25, -0.2) is 0 Å². The van der Waals surface area contributed by atoms with E-state index in [0.29, 0.717) is 0 Å². The second-order valence-electron chi connectivity index (χ2n) is 9.30. The summed E-state index contributed by atoms with van der Waals surface area (Å²) in [6, 6.07) is 8.76. The Balaban J connectivity index is 2.16. The van der Waals surface area contributed by atoms with Gasteiger partial charge in [-0.3, -0.25) is 9.78 Å². The summed E-state index contributed by atoms with van der Waals surface area (Å²) in [5.41, 5.74) is 7.53. The third-order valence-electron chi connectivity index (χ3n) is 6.25. The highest BCUT2D eigenvalue weighted by Gasteiger charge is 2.33. The predicted octanol–water partition coefficient (Wildman–Crippen LogP) is 6.64. The smallest absolute Gasteiger partial charge is 0.182 e.